The average molecular weight is 540 g/mol. The van der Waals surface area contributed by atoms with Gasteiger partial charge in [-0.15, -0.1) is 0 Å². The van der Waals surface area contributed by atoms with Gasteiger partial charge in [-0.05, 0) is 18.8 Å². The number of esters is 1. The SMILES string of the molecule is Cc1c(F)c(F)c(F)c(OC(=O)CCOCCOCCOCCOCCC(=O)NCCC(C)(C)C)c1F. The Morgan fingerprint density at radius 1 is 0.703 bits per heavy atom. The fraction of sp³-hybridized carbons (Fsp3) is 0.680. The molecule has 12 heteroatoms. The Morgan fingerprint density at radius 3 is 1.70 bits per heavy atom. The summed E-state index contributed by atoms with van der Waals surface area (Å²) in [6.45, 7) is 9.76. The van der Waals surface area contributed by atoms with Crippen LogP contribution in [0.15, 0.2) is 0 Å². The Morgan fingerprint density at radius 2 is 1.19 bits per heavy atom. The van der Waals surface area contributed by atoms with Gasteiger partial charge < -0.3 is 29.0 Å². The van der Waals surface area contributed by atoms with E-state index in [9.17, 15) is 27.2 Å². The van der Waals surface area contributed by atoms with Crippen molar-refractivity contribution in [1.82, 2.24) is 5.32 Å². The van der Waals surface area contributed by atoms with Crippen LogP contribution < -0.4 is 10.1 Å². The maximum absolute atomic E-state index is 13.9. The monoisotopic (exact) mass is 539 g/mol. The molecule has 1 rings (SSSR count). The number of nitrogens with one attached hydrogen (secondary N) is 1. The lowest BCUT2D eigenvalue weighted by atomic mass is 9.92. The minimum Gasteiger partial charge on any atom is -0.420 e. The van der Waals surface area contributed by atoms with Gasteiger partial charge in [0.15, 0.2) is 17.5 Å². The van der Waals surface area contributed by atoms with E-state index < -0.39 is 40.6 Å². The number of halogens is 4. The Kier molecular flexibility index (Phi) is 15.3. The smallest absolute Gasteiger partial charge is 0.313 e. The number of amides is 1. The van der Waals surface area contributed by atoms with Gasteiger partial charge in [-0.1, -0.05) is 20.8 Å². The number of hydrogen-bond donors (Lipinski definition) is 1. The van der Waals surface area contributed by atoms with Crippen LogP contribution in [0.25, 0.3) is 0 Å². The second-order valence-electron chi connectivity index (χ2n) is 9.29. The molecule has 0 bridgehead atoms. The molecule has 212 valence electrons. The zero-order valence-electron chi connectivity index (χ0n) is 21.9. The third-order valence-corrected chi connectivity index (χ3v) is 4.90. The van der Waals surface area contributed by atoms with Crippen molar-refractivity contribution < 1.29 is 50.8 Å². The molecule has 8 nitrogen and oxygen atoms in total. The molecule has 0 spiro atoms. The first kappa shape index (κ1) is 32.7. The number of benzene rings is 1. The molecule has 0 aliphatic rings. The Labute approximate surface area is 214 Å². The van der Waals surface area contributed by atoms with Crippen molar-refractivity contribution in [2.45, 2.75) is 47.0 Å². The van der Waals surface area contributed by atoms with E-state index in [1.54, 1.807) is 0 Å². The van der Waals surface area contributed by atoms with Crippen LogP contribution in [-0.4, -0.2) is 71.3 Å². The summed E-state index contributed by atoms with van der Waals surface area (Å²) in [5.74, 6) is -9.39. The van der Waals surface area contributed by atoms with E-state index in [0.29, 0.717) is 46.0 Å². The van der Waals surface area contributed by atoms with Gasteiger partial charge in [0.25, 0.3) is 0 Å². The van der Waals surface area contributed by atoms with E-state index in [0.717, 1.165) is 13.3 Å². The normalized spacial score (nSPS) is 11.6. The van der Waals surface area contributed by atoms with Crippen molar-refractivity contribution in [2.24, 2.45) is 5.41 Å². The van der Waals surface area contributed by atoms with E-state index in [1.165, 1.54) is 0 Å². The molecule has 1 N–H and O–H groups in total. The molecule has 1 aromatic rings. The predicted molar refractivity (Wildman–Crippen MR) is 126 cm³/mol. The van der Waals surface area contributed by atoms with Crippen molar-refractivity contribution >= 4 is 11.9 Å². The molecule has 0 radical (unpaired) electrons. The number of hydrogen-bond acceptors (Lipinski definition) is 7. The lowest BCUT2D eigenvalue weighted by molar-refractivity contribution is -0.136. The quantitative estimate of drug-likeness (QED) is 0.0757. The molecule has 1 amide bonds. The Bertz CT molecular complexity index is 833. The largest absolute Gasteiger partial charge is 0.420 e. The van der Waals surface area contributed by atoms with Gasteiger partial charge >= 0.3 is 5.97 Å². The molecule has 0 heterocycles. The fourth-order valence-corrected chi connectivity index (χ4v) is 2.73. The lowest BCUT2D eigenvalue weighted by Crippen LogP contribution is -2.28. The molecule has 1 aromatic carbocycles. The highest BCUT2D eigenvalue weighted by molar-refractivity contribution is 5.75. The van der Waals surface area contributed by atoms with Crippen LogP contribution in [-0.2, 0) is 28.5 Å². The van der Waals surface area contributed by atoms with Gasteiger partial charge in [0.2, 0.25) is 17.5 Å². The highest BCUT2D eigenvalue weighted by Crippen LogP contribution is 2.29. The molecule has 0 aromatic heterocycles. The molecular weight excluding hydrogens is 502 g/mol. The van der Waals surface area contributed by atoms with Crippen molar-refractivity contribution in [3.63, 3.8) is 0 Å². The molecule has 0 saturated carbocycles. The van der Waals surface area contributed by atoms with E-state index in [1.807, 2.05) is 0 Å². The van der Waals surface area contributed by atoms with Crippen molar-refractivity contribution in [1.29, 1.82) is 0 Å². The predicted octanol–water partition coefficient (Wildman–Crippen LogP) is 3.86. The summed E-state index contributed by atoms with van der Waals surface area (Å²) in [4.78, 5) is 23.4. The zero-order valence-corrected chi connectivity index (χ0v) is 21.9. The van der Waals surface area contributed by atoms with Crippen LogP contribution in [0.1, 0.15) is 45.6 Å². The minimum absolute atomic E-state index is 0.0428. The third kappa shape index (κ3) is 13.7. The topological polar surface area (TPSA) is 92.3 Å². The zero-order chi connectivity index (χ0) is 27.8. The van der Waals surface area contributed by atoms with E-state index in [4.69, 9.17) is 18.9 Å². The summed E-state index contributed by atoms with van der Waals surface area (Å²) >= 11 is 0. The highest BCUT2D eigenvalue weighted by Gasteiger charge is 2.26. The first-order valence-electron chi connectivity index (χ1n) is 12.0. The maximum atomic E-state index is 13.9. The van der Waals surface area contributed by atoms with Crippen molar-refractivity contribution in [3.8, 4) is 5.75 Å². The van der Waals surface area contributed by atoms with E-state index in [-0.39, 0.29) is 37.6 Å². The number of carbonyl (C=O) groups excluding carboxylic acids is 2. The van der Waals surface area contributed by atoms with Gasteiger partial charge in [-0.2, -0.15) is 4.39 Å². The molecule has 0 aliphatic carbocycles. The number of carbonyl (C=O) groups is 2. The van der Waals surface area contributed by atoms with Gasteiger partial charge in [-0.3, -0.25) is 9.59 Å². The number of ether oxygens (including phenoxy) is 5. The van der Waals surface area contributed by atoms with E-state index in [2.05, 4.69) is 30.8 Å². The molecule has 0 atom stereocenters. The average Bonchev–Trinajstić information content (AvgIpc) is 2.83. The second kappa shape index (κ2) is 17.3. The first-order chi connectivity index (χ1) is 17.4. The molecule has 0 unspecified atom stereocenters. The van der Waals surface area contributed by atoms with Crippen LogP contribution in [0.3, 0.4) is 0 Å². The summed E-state index contributed by atoms with van der Waals surface area (Å²) in [5.41, 5.74) is -0.617. The van der Waals surface area contributed by atoms with Crippen molar-refractivity contribution in [3.05, 3.63) is 28.8 Å². The van der Waals surface area contributed by atoms with Gasteiger partial charge in [-0.25, -0.2) is 13.2 Å². The van der Waals surface area contributed by atoms with Crippen LogP contribution >= 0.6 is 0 Å². The third-order valence-electron chi connectivity index (χ3n) is 4.90. The first-order valence-corrected chi connectivity index (χ1v) is 12.0. The molecule has 0 aliphatic heterocycles. The van der Waals surface area contributed by atoms with Crippen LogP contribution in [0.4, 0.5) is 17.6 Å². The summed E-state index contributed by atoms with van der Waals surface area (Å²) in [5, 5.41) is 2.86. The molecule has 37 heavy (non-hydrogen) atoms. The van der Waals surface area contributed by atoms with Gasteiger partial charge in [0.05, 0.1) is 59.3 Å². The maximum Gasteiger partial charge on any atom is 0.313 e. The fourth-order valence-electron chi connectivity index (χ4n) is 2.73. The molecule has 0 saturated heterocycles. The van der Waals surface area contributed by atoms with Crippen LogP contribution in [0, 0.1) is 35.6 Å². The van der Waals surface area contributed by atoms with Crippen LogP contribution in [0.2, 0.25) is 0 Å². The minimum atomic E-state index is -1.92. The van der Waals surface area contributed by atoms with Crippen LogP contribution in [0.5, 0.6) is 5.75 Å². The molecular formula is C25H37F4NO7. The summed E-state index contributed by atoms with van der Waals surface area (Å²) in [7, 11) is 0. The summed E-state index contributed by atoms with van der Waals surface area (Å²) in [6.07, 6.45) is 0.838. The second-order valence-corrected chi connectivity index (χ2v) is 9.29. The van der Waals surface area contributed by atoms with Gasteiger partial charge in [0, 0.05) is 18.5 Å². The number of rotatable bonds is 18. The van der Waals surface area contributed by atoms with Gasteiger partial charge in [0.1, 0.15) is 0 Å². The molecule has 0 fully saturated rings. The highest BCUT2D eigenvalue weighted by atomic mass is 19.2. The standard InChI is InChI=1S/C25H37F4NO7/c1-17-20(26)22(28)23(29)24(21(17)27)37-19(32)6-10-34-12-14-36-16-15-35-13-11-33-9-5-18(31)30-8-7-25(2,3)4/h5-16H2,1-4H3,(H,30,31). The Hall–Kier alpha value is -2.28. The Balaban J connectivity index is 1.97. The van der Waals surface area contributed by atoms with Crippen molar-refractivity contribution in [2.75, 3.05) is 59.4 Å². The van der Waals surface area contributed by atoms with E-state index >= 15 is 0 Å². The summed E-state index contributed by atoms with van der Waals surface area (Å²) < 4.78 is 79.8. The summed E-state index contributed by atoms with van der Waals surface area (Å²) in [6, 6.07) is 0. The lowest BCUT2D eigenvalue weighted by Gasteiger charge is -2.17.